The molecule has 0 aliphatic carbocycles. The second-order valence-electron chi connectivity index (χ2n) is 8.49. The molecule has 2 heterocycles. The van der Waals surface area contributed by atoms with Crippen molar-refractivity contribution in [2.24, 2.45) is 0 Å². The van der Waals surface area contributed by atoms with Gasteiger partial charge in [-0.15, -0.1) is 0 Å². The van der Waals surface area contributed by atoms with E-state index in [2.05, 4.69) is 15.5 Å². The van der Waals surface area contributed by atoms with Gasteiger partial charge >= 0.3 is 6.03 Å². The number of halogens is 1. The number of hydrogen-bond donors (Lipinski definition) is 1. The molecule has 7 nitrogen and oxygen atoms in total. The first-order valence-corrected chi connectivity index (χ1v) is 11.7. The third-order valence-electron chi connectivity index (χ3n) is 6.01. The monoisotopic (exact) mass is 484 g/mol. The molecule has 0 radical (unpaired) electrons. The number of nitrogens with zero attached hydrogens (tertiary/aromatic N) is 3. The third-order valence-corrected chi connectivity index (χ3v) is 6.01. The lowest BCUT2D eigenvalue weighted by Crippen LogP contribution is -2.46. The fraction of sp³-hybridized carbons (Fsp3) is 0.179. The van der Waals surface area contributed by atoms with Gasteiger partial charge in [0.1, 0.15) is 11.6 Å². The van der Waals surface area contributed by atoms with Crippen molar-refractivity contribution in [1.82, 2.24) is 15.5 Å². The Morgan fingerprint density at radius 1 is 1.06 bits per heavy atom. The van der Waals surface area contributed by atoms with Gasteiger partial charge in [-0.3, -0.25) is 4.90 Å². The highest BCUT2D eigenvalue weighted by Gasteiger charge is 2.36. The molecule has 1 aliphatic rings. The lowest BCUT2D eigenvalue weighted by atomic mass is 9.94. The normalized spacial score (nSPS) is 15.7. The van der Waals surface area contributed by atoms with Crippen LogP contribution in [0.3, 0.4) is 0 Å². The van der Waals surface area contributed by atoms with Crippen LogP contribution < -0.4 is 15.0 Å². The summed E-state index contributed by atoms with van der Waals surface area (Å²) in [4.78, 5) is 19.5. The Labute approximate surface area is 208 Å². The van der Waals surface area contributed by atoms with Gasteiger partial charge in [0.2, 0.25) is 5.82 Å². The van der Waals surface area contributed by atoms with E-state index in [0.717, 1.165) is 22.6 Å². The molecule has 2 amide bonds. The summed E-state index contributed by atoms with van der Waals surface area (Å²) in [6.07, 6.45) is 0. The summed E-state index contributed by atoms with van der Waals surface area (Å²) in [6.45, 7) is 6.30. The molecule has 0 saturated carbocycles. The van der Waals surface area contributed by atoms with E-state index in [1.165, 1.54) is 12.1 Å². The zero-order valence-electron chi connectivity index (χ0n) is 20.2. The Morgan fingerprint density at radius 3 is 2.56 bits per heavy atom. The van der Waals surface area contributed by atoms with Crippen LogP contribution in [0.5, 0.6) is 5.75 Å². The Bertz CT molecular complexity index is 1450. The summed E-state index contributed by atoms with van der Waals surface area (Å²) in [6, 6.07) is 20.4. The number of amides is 2. The van der Waals surface area contributed by atoms with Gasteiger partial charge in [0.05, 0.1) is 23.9 Å². The summed E-state index contributed by atoms with van der Waals surface area (Å²) >= 11 is 0. The van der Waals surface area contributed by atoms with Crippen molar-refractivity contribution in [1.29, 1.82) is 0 Å². The molecule has 1 unspecified atom stereocenters. The number of rotatable bonds is 6. The molecule has 1 aliphatic heterocycles. The van der Waals surface area contributed by atoms with Crippen molar-refractivity contribution in [3.8, 4) is 17.1 Å². The summed E-state index contributed by atoms with van der Waals surface area (Å²) in [5.41, 5.74) is 4.37. The van der Waals surface area contributed by atoms with Crippen LogP contribution in [-0.4, -0.2) is 22.8 Å². The summed E-state index contributed by atoms with van der Waals surface area (Å²) in [7, 11) is 0. The van der Waals surface area contributed by atoms with E-state index in [9.17, 15) is 9.18 Å². The summed E-state index contributed by atoms with van der Waals surface area (Å²) < 4.78 is 25.1. The second-order valence-corrected chi connectivity index (χ2v) is 8.49. The second kappa shape index (κ2) is 9.65. The standard InChI is InChI=1S/C28H25FN4O3/c1-4-35-23-13-11-19(12-14-23)25-24(27-31-26(32-36-27)20-8-6-9-21(29)16-20)18(3)33(28(34)30-25)22-10-5-7-17(2)15-22/h5-16,25H,4H2,1-3H3,(H,30,34). The maximum Gasteiger partial charge on any atom is 0.326 e. The topological polar surface area (TPSA) is 80.5 Å². The minimum absolute atomic E-state index is 0.239. The van der Waals surface area contributed by atoms with Crippen molar-refractivity contribution < 1.29 is 18.4 Å². The molecule has 1 atom stereocenters. The SMILES string of the molecule is CCOc1ccc(C2NC(=O)N(c3cccc(C)c3)C(C)=C2c2nc(-c3cccc(F)c3)no2)cc1. The number of aromatic nitrogens is 2. The van der Waals surface area contributed by atoms with E-state index in [1.54, 1.807) is 17.0 Å². The first-order chi connectivity index (χ1) is 17.4. The largest absolute Gasteiger partial charge is 0.494 e. The third kappa shape index (κ3) is 4.45. The Hall–Kier alpha value is -4.46. The predicted octanol–water partition coefficient (Wildman–Crippen LogP) is 6.28. The van der Waals surface area contributed by atoms with Crippen LogP contribution in [0.4, 0.5) is 14.9 Å². The summed E-state index contributed by atoms with van der Waals surface area (Å²) in [5.74, 6) is 0.841. The van der Waals surface area contributed by atoms with Gasteiger partial charge in [0.15, 0.2) is 0 Å². The fourth-order valence-electron chi connectivity index (χ4n) is 4.35. The van der Waals surface area contributed by atoms with Crippen LogP contribution in [0.25, 0.3) is 17.0 Å². The van der Waals surface area contributed by atoms with Crippen LogP contribution in [0, 0.1) is 12.7 Å². The number of ether oxygens (including phenoxy) is 1. The number of aryl methyl sites for hydroxylation is 1. The molecular formula is C28H25FN4O3. The van der Waals surface area contributed by atoms with Gasteiger partial charge < -0.3 is 14.6 Å². The van der Waals surface area contributed by atoms with Crippen LogP contribution in [0.1, 0.15) is 36.9 Å². The number of nitrogens with one attached hydrogen (secondary N) is 1. The molecule has 182 valence electrons. The molecule has 0 bridgehead atoms. The zero-order chi connectivity index (χ0) is 25.2. The highest BCUT2D eigenvalue weighted by atomic mass is 19.1. The highest BCUT2D eigenvalue weighted by molar-refractivity contribution is 6.01. The quantitative estimate of drug-likeness (QED) is 0.348. The van der Waals surface area contributed by atoms with Crippen molar-refractivity contribution in [3.05, 3.63) is 101 Å². The fourth-order valence-corrected chi connectivity index (χ4v) is 4.35. The van der Waals surface area contributed by atoms with Gasteiger partial charge in [-0.25, -0.2) is 9.18 Å². The van der Waals surface area contributed by atoms with E-state index >= 15 is 0 Å². The molecule has 1 N–H and O–H groups in total. The first-order valence-electron chi connectivity index (χ1n) is 11.7. The Kier molecular flexibility index (Phi) is 6.25. The van der Waals surface area contributed by atoms with Gasteiger partial charge in [-0.05, 0) is 68.3 Å². The van der Waals surface area contributed by atoms with Crippen LogP contribution in [0.15, 0.2) is 83.0 Å². The van der Waals surface area contributed by atoms with E-state index in [4.69, 9.17) is 9.26 Å². The lowest BCUT2D eigenvalue weighted by Gasteiger charge is -2.35. The molecule has 0 saturated heterocycles. The number of anilines is 1. The van der Waals surface area contributed by atoms with Crippen molar-refractivity contribution >= 4 is 17.3 Å². The average molecular weight is 485 g/mol. The number of urea groups is 1. The molecular weight excluding hydrogens is 459 g/mol. The minimum Gasteiger partial charge on any atom is -0.494 e. The van der Waals surface area contributed by atoms with Crippen molar-refractivity contribution in [2.75, 3.05) is 11.5 Å². The molecule has 36 heavy (non-hydrogen) atoms. The molecule has 4 aromatic rings. The minimum atomic E-state index is -0.546. The lowest BCUT2D eigenvalue weighted by molar-refractivity contribution is 0.244. The van der Waals surface area contributed by atoms with Gasteiger partial charge in [0, 0.05) is 11.3 Å². The molecule has 1 aromatic heterocycles. The number of carbonyl (C=O) groups is 1. The van der Waals surface area contributed by atoms with Gasteiger partial charge in [-0.1, -0.05) is 41.6 Å². The van der Waals surface area contributed by atoms with Gasteiger partial charge in [0.25, 0.3) is 5.89 Å². The Balaban J connectivity index is 1.63. The van der Waals surface area contributed by atoms with Gasteiger partial charge in [-0.2, -0.15) is 4.98 Å². The Morgan fingerprint density at radius 2 is 1.83 bits per heavy atom. The maximum atomic E-state index is 13.8. The summed E-state index contributed by atoms with van der Waals surface area (Å²) in [5, 5.41) is 7.19. The first kappa shape index (κ1) is 23.3. The van der Waals surface area contributed by atoms with E-state index < -0.39 is 11.9 Å². The molecule has 3 aromatic carbocycles. The van der Waals surface area contributed by atoms with E-state index in [-0.39, 0.29) is 17.7 Å². The average Bonchev–Trinajstić information content (AvgIpc) is 3.34. The molecule has 5 rings (SSSR count). The zero-order valence-corrected chi connectivity index (χ0v) is 20.2. The molecule has 8 heteroatoms. The highest BCUT2D eigenvalue weighted by Crippen LogP contribution is 2.39. The number of benzene rings is 3. The maximum absolute atomic E-state index is 13.8. The number of carbonyl (C=O) groups excluding carboxylic acids is 1. The number of allylic oxidation sites excluding steroid dienone is 1. The smallest absolute Gasteiger partial charge is 0.326 e. The van der Waals surface area contributed by atoms with Crippen molar-refractivity contribution in [3.63, 3.8) is 0 Å². The molecule has 0 spiro atoms. The van der Waals surface area contributed by atoms with E-state index in [1.807, 2.05) is 69.3 Å². The van der Waals surface area contributed by atoms with E-state index in [0.29, 0.717) is 23.4 Å². The van der Waals surface area contributed by atoms with Crippen molar-refractivity contribution in [2.45, 2.75) is 26.8 Å². The molecule has 0 fully saturated rings. The van der Waals surface area contributed by atoms with Crippen LogP contribution in [-0.2, 0) is 0 Å². The van der Waals surface area contributed by atoms with Crippen LogP contribution in [0.2, 0.25) is 0 Å². The van der Waals surface area contributed by atoms with Crippen LogP contribution >= 0.6 is 0 Å². The number of hydrogen-bond acceptors (Lipinski definition) is 5. The predicted molar refractivity (Wildman–Crippen MR) is 135 cm³/mol.